The first-order valence-corrected chi connectivity index (χ1v) is 7.75. The summed E-state index contributed by atoms with van der Waals surface area (Å²) in [5.41, 5.74) is 7.24. The van der Waals surface area contributed by atoms with Gasteiger partial charge in [0.15, 0.2) is 0 Å². The largest absolute Gasteiger partial charge is 0.496 e. The minimum absolute atomic E-state index is 0.263. The van der Waals surface area contributed by atoms with Crippen molar-refractivity contribution in [2.75, 3.05) is 40.5 Å². The molecule has 0 amide bonds. The Hall–Kier alpha value is -0.620. The minimum atomic E-state index is 0.263. The van der Waals surface area contributed by atoms with E-state index in [0.29, 0.717) is 12.5 Å². The molecule has 0 aliphatic carbocycles. The van der Waals surface area contributed by atoms with Crippen LogP contribution in [0.3, 0.4) is 0 Å². The van der Waals surface area contributed by atoms with E-state index in [-0.39, 0.29) is 6.04 Å². The highest BCUT2D eigenvalue weighted by atomic mass is 79.9. The van der Waals surface area contributed by atoms with E-state index in [2.05, 4.69) is 33.0 Å². The molecule has 1 aromatic carbocycles. The third-order valence-electron chi connectivity index (χ3n) is 3.94. The van der Waals surface area contributed by atoms with Gasteiger partial charge in [0.25, 0.3) is 0 Å². The van der Waals surface area contributed by atoms with Gasteiger partial charge in [-0.15, -0.1) is 0 Å². The van der Waals surface area contributed by atoms with Gasteiger partial charge >= 0.3 is 0 Å². The molecule has 1 aromatic rings. The normalized spacial score (nSPS) is 21.1. The highest BCUT2D eigenvalue weighted by Gasteiger charge is 2.28. The first-order valence-electron chi connectivity index (χ1n) is 6.96. The van der Waals surface area contributed by atoms with Crippen LogP contribution in [0.5, 0.6) is 5.75 Å². The predicted octanol–water partition coefficient (Wildman–Crippen LogP) is 2.43. The minimum Gasteiger partial charge on any atom is -0.496 e. The van der Waals surface area contributed by atoms with E-state index in [0.717, 1.165) is 29.9 Å². The lowest BCUT2D eigenvalue weighted by Gasteiger charge is -2.27. The van der Waals surface area contributed by atoms with Gasteiger partial charge in [-0.1, -0.05) is 6.07 Å². The summed E-state index contributed by atoms with van der Waals surface area (Å²) in [5.74, 6) is 1.47. The van der Waals surface area contributed by atoms with Gasteiger partial charge in [-0.25, -0.2) is 0 Å². The summed E-state index contributed by atoms with van der Waals surface area (Å²) in [5, 5.41) is 0. The van der Waals surface area contributed by atoms with Crippen molar-refractivity contribution in [1.29, 1.82) is 0 Å². The lowest BCUT2D eigenvalue weighted by molar-refractivity contribution is 0.147. The summed E-state index contributed by atoms with van der Waals surface area (Å²) in [7, 11) is 3.44. The van der Waals surface area contributed by atoms with E-state index < -0.39 is 0 Å². The molecule has 0 bridgehead atoms. The van der Waals surface area contributed by atoms with Crippen LogP contribution in [-0.4, -0.2) is 45.4 Å². The molecule has 1 heterocycles. The highest BCUT2D eigenvalue weighted by molar-refractivity contribution is 9.10. The smallest absolute Gasteiger partial charge is 0.133 e. The molecule has 2 atom stereocenters. The standard InChI is InChI=1S/C15H23BrN2O2/c1-19-10-11-5-6-18(9-11)14(8-17)12-3-4-15(20-2)13(16)7-12/h3-4,7,11,14H,5-6,8-10,17H2,1-2H3. The lowest BCUT2D eigenvalue weighted by atomic mass is 10.1. The van der Waals surface area contributed by atoms with Crippen LogP contribution in [0.1, 0.15) is 18.0 Å². The highest BCUT2D eigenvalue weighted by Crippen LogP contribution is 2.32. The molecule has 0 saturated carbocycles. The Bertz CT molecular complexity index is 442. The number of halogens is 1. The van der Waals surface area contributed by atoms with Gasteiger partial charge in [0.2, 0.25) is 0 Å². The van der Waals surface area contributed by atoms with Crippen molar-refractivity contribution >= 4 is 15.9 Å². The summed E-state index contributed by atoms with van der Waals surface area (Å²) >= 11 is 3.55. The Balaban J connectivity index is 2.10. The first kappa shape index (κ1) is 15.8. The number of benzene rings is 1. The van der Waals surface area contributed by atoms with Crippen LogP contribution in [0.4, 0.5) is 0 Å². The van der Waals surface area contributed by atoms with Crippen molar-refractivity contribution in [2.45, 2.75) is 12.5 Å². The molecular formula is C15H23BrN2O2. The quantitative estimate of drug-likeness (QED) is 0.862. The Morgan fingerprint density at radius 2 is 2.25 bits per heavy atom. The van der Waals surface area contributed by atoms with Gasteiger partial charge in [0, 0.05) is 26.2 Å². The second kappa shape index (κ2) is 7.41. The zero-order valence-electron chi connectivity index (χ0n) is 12.1. The molecular weight excluding hydrogens is 320 g/mol. The number of methoxy groups -OCH3 is 2. The molecule has 2 N–H and O–H groups in total. The Kier molecular flexibility index (Phi) is 5.84. The second-order valence-corrected chi connectivity index (χ2v) is 6.10. The molecule has 0 radical (unpaired) electrons. The van der Waals surface area contributed by atoms with E-state index in [1.54, 1.807) is 14.2 Å². The van der Waals surface area contributed by atoms with Crippen LogP contribution in [0.15, 0.2) is 22.7 Å². The van der Waals surface area contributed by atoms with Crippen molar-refractivity contribution < 1.29 is 9.47 Å². The zero-order valence-corrected chi connectivity index (χ0v) is 13.7. The number of nitrogens with zero attached hydrogens (tertiary/aromatic N) is 1. The molecule has 1 fully saturated rings. The Morgan fingerprint density at radius 3 is 2.85 bits per heavy atom. The van der Waals surface area contributed by atoms with Crippen LogP contribution < -0.4 is 10.5 Å². The number of hydrogen-bond acceptors (Lipinski definition) is 4. The van der Waals surface area contributed by atoms with Crippen LogP contribution in [0.2, 0.25) is 0 Å². The van der Waals surface area contributed by atoms with Crippen molar-refractivity contribution in [1.82, 2.24) is 4.90 Å². The van der Waals surface area contributed by atoms with Gasteiger partial charge in [-0.3, -0.25) is 4.90 Å². The van der Waals surface area contributed by atoms with Crippen molar-refractivity contribution in [3.8, 4) is 5.75 Å². The fourth-order valence-electron chi connectivity index (χ4n) is 2.90. The van der Waals surface area contributed by atoms with E-state index in [4.69, 9.17) is 15.2 Å². The lowest BCUT2D eigenvalue weighted by Crippen LogP contribution is -2.32. The number of rotatable bonds is 6. The van der Waals surface area contributed by atoms with Crippen LogP contribution in [-0.2, 0) is 4.74 Å². The molecule has 2 unspecified atom stereocenters. The van der Waals surface area contributed by atoms with Crippen molar-refractivity contribution in [3.63, 3.8) is 0 Å². The molecule has 1 saturated heterocycles. The monoisotopic (exact) mass is 342 g/mol. The summed E-state index contributed by atoms with van der Waals surface area (Å²) in [6, 6.07) is 6.47. The van der Waals surface area contributed by atoms with Crippen LogP contribution in [0, 0.1) is 5.92 Å². The molecule has 5 heteroatoms. The van der Waals surface area contributed by atoms with Gasteiger partial charge in [0.1, 0.15) is 5.75 Å². The van der Waals surface area contributed by atoms with Gasteiger partial charge in [-0.2, -0.15) is 0 Å². The number of ether oxygens (including phenoxy) is 2. The topological polar surface area (TPSA) is 47.7 Å². The second-order valence-electron chi connectivity index (χ2n) is 5.25. The van der Waals surface area contributed by atoms with E-state index in [1.165, 1.54) is 12.0 Å². The molecule has 0 aromatic heterocycles. The molecule has 4 nitrogen and oxygen atoms in total. The van der Waals surface area contributed by atoms with E-state index in [9.17, 15) is 0 Å². The summed E-state index contributed by atoms with van der Waals surface area (Å²) in [6.45, 7) is 3.59. The van der Waals surface area contributed by atoms with Crippen molar-refractivity contribution in [3.05, 3.63) is 28.2 Å². The van der Waals surface area contributed by atoms with Gasteiger partial charge < -0.3 is 15.2 Å². The number of nitrogens with two attached hydrogens (primary N) is 1. The maximum atomic E-state index is 6.01. The predicted molar refractivity (Wildman–Crippen MR) is 84.0 cm³/mol. The summed E-state index contributed by atoms with van der Waals surface area (Å²) in [4.78, 5) is 2.46. The molecule has 2 rings (SSSR count). The van der Waals surface area contributed by atoms with E-state index >= 15 is 0 Å². The Morgan fingerprint density at radius 1 is 1.45 bits per heavy atom. The van der Waals surface area contributed by atoms with Gasteiger partial charge in [0.05, 0.1) is 18.2 Å². The maximum Gasteiger partial charge on any atom is 0.133 e. The molecule has 1 aliphatic rings. The average molecular weight is 343 g/mol. The number of likely N-dealkylation sites (tertiary alicyclic amines) is 1. The third-order valence-corrected chi connectivity index (χ3v) is 4.56. The zero-order chi connectivity index (χ0) is 14.5. The van der Waals surface area contributed by atoms with Crippen LogP contribution >= 0.6 is 15.9 Å². The maximum absolute atomic E-state index is 6.01. The van der Waals surface area contributed by atoms with Gasteiger partial charge in [-0.05, 0) is 52.5 Å². The SMILES string of the molecule is COCC1CCN(C(CN)c2ccc(OC)c(Br)c2)C1. The van der Waals surface area contributed by atoms with Crippen molar-refractivity contribution in [2.24, 2.45) is 11.7 Å². The fourth-order valence-corrected chi connectivity index (χ4v) is 3.46. The van der Waals surface area contributed by atoms with Crippen LogP contribution in [0.25, 0.3) is 0 Å². The summed E-state index contributed by atoms with van der Waals surface area (Å²) < 4.78 is 11.5. The molecule has 20 heavy (non-hydrogen) atoms. The molecule has 1 aliphatic heterocycles. The molecule has 0 spiro atoms. The third kappa shape index (κ3) is 3.52. The average Bonchev–Trinajstić information content (AvgIpc) is 2.89. The summed E-state index contributed by atoms with van der Waals surface area (Å²) in [6.07, 6.45) is 1.18. The fraction of sp³-hybridized carbons (Fsp3) is 0.600. The molecule has 112 valence electrons. The first-order chi connectivity index (χ1) is 9.69. The number of hydrogen-bond donors (Lipinski definition) is 1. The van der Waals surface area contributed by atoms with E-state index in [1.807, 2.05) is 6.07 Å². The Labute approximate surface area is 129 Å².